The minimum atomic E-state index is -3.67. The van der Waals surface area contributed by atoms with Crippen LogP contribution in [-0.2, 0) is 27.9 Å². The van der Waals surface area contributed by atoms with Gasteiger partial charge in [0.1, 0.15) is 0 Å². The van der Waals surface area contributed by atoms with Crippen molar-refractivity contribution in [1.29, 1.82) is 0 Å². The number of benzene rings is 3. The van der Waals surface area contributed by atoms with Crippen LogP contribution in [0.1, 0.15) is 34.3 Å². The SMILES string of the molecule is CN(Cc1ccccc1)S(=O)(=O)c1ccc(NC(=O)c2cccc(CN3CCCC3=O)c2)cc1. The fourth-order valence-corrected chi connectivity index (χ4v) is 5.08. The van der Waals surface area contributed by atoms with E-state index in [4.69, 9.17) is 0 Å². The molecule has 1 fully saturated rings. The molecule has 8 heteroatoms. The van der Waals surface area contributed by atoms with Crippen LogP contribution in [0.3, 0.4) is 0 Å². The lowest BCUT2D eigenvalue weighted by Gasteiger charge is -2.17. The van der Waals surface area contributed by atoms with Gasteiger partial charge in [-0.15, -0.1) is 0 Å². The molecule has 0 bridgehead atoms. The summed E-state index contributed by atoms with van der Waals surface area (Å²) in [6, 6.07) is 22.7. The Balaban J connectivity index is 1.41. The van der Waals surface area contributed by atoms with Crippen LogP contribution in [-0.4, -0.2) is 43.0 Å². The number of nitrogens with one attached hydrogen (secondary N) is 1. The molecule has 1 N–H and O–H groups in total. The van der Waals surface area contributed by atoms with Crippen molar-refractivity contribution in [3.63, 3.8) is 0 Å². The number of anilines is 1. The average molecular weight is 478 g/mol. The summed E-state index contributed by atoms with van der Waals surface area (Å²) in [7, 11) is -2.13. The summed E-state index contributed by atoms with van der Waals surface area (Å²) in [5.74, 6) is -0.161. The summed E-state index contributed by atoms with van der Waals surface area (Å²) in [4.78, 5) is 26.6. The number of carbonyl (C=O) groups excluding carboxylic acids is 2. The Kier molecular flexibility index (Phi) is 7.09. The van der Waals surface area contributed by atoms with Crippen molar-refractivity contribution < 1.29 is 18.0 Å². The first-order chi connectivity index (χ1) is 16.3. The van der Waals surface area contributed by atoms with E-state index in [9.17, 15) is 18.0 Å². The van der Waals surface area contributed by atoms with Crippen molar-refractivity contribution in [1.82, 2.24) is 9.21 Å². The zero-order valence-electron chi connectivity index (χ0n) is 19.0. The van der Waals surface area contributed by atoms with Crippen LogP contribution in [0.2, 0.25) is 0 Å². The normalized spacial score (nSPS) is 13.9. The van der Waals surface area contributed by atoms with Crippen LogP contribution >= 0.6 is 0 Å². The van der Waals surface area contributed by atoms with Crippen LogP contribution in [0, 0.1) is 0 Å². The number of likely N-dealkylation sites (tertiary alicyclic amines) is 1. The standard InChI is InChI=1S/C26H27N3O4S/c1-28(18-20-7-3-2-4-8-20)34(32,33)24-14-12-23(13-15-24)27-26(31)22-10-5-9-21(17-22)19-29-16-6-11-25(29)30/h2-5,7-10,12-15,17H,6,11,16,18-19H2,1H3,(H,27,31). The van der Waals surface area contributed by atoms with Crippen molar-refractivity contribution >= 4 is 27.5 Å². The largest absolute Gasteiger partial charge is 0.338 e. The fraction of sp³-hybridized carbons (Fsp3) is 0.231. The van der Waals surface area contributed by atoms with Crippen LogP contribution in [0.15, 0.2) is 83.8 Å². The first kappa shape index (κ1) is 23.7. The van der Waals surface area contributed by atoms with Crippen LogP contribution in [0.4, 0.5) is 5.69 Å². The highest BCUT2D eigenvalue weighted by Gasteiger charge is 2.22. The molecule has 0 saturated carbocycles. The van der Waals surface area contributed by atoms with Gasteiger partial charge in [0.15, 0.2) is 0 Å². The van der Waals surface area contributed by atoms with Crippen molar-refractivity contribution in [3.8, 4) is 0 Å². The molecule has 1 saturated heterocycles. The minimum Gasteiger partial charge on any atom is -0.338 e. The topological polar surface area (TPSA) is 86.8 Å². The van der Waals surface area contributed by atoms with Crippen LogP contribution in [0.5, 0.6) is 0 Å². The molecule has 0 spiro atoms. The minimum absolute atomic E-state index is 0.138. The Morgan fingerprint density at radius 3 is 2.35 bits per heavy atom. The quantitative estimate of drug-likeness (QED) is 0.533. The van der Waals surface area contributed by atoms with E-state index < -0.39 is 10.0 Å². The lowest BCUT2D eigenvalue weighted by atomic mass is 10.1. The number of hydrogen-bond acceptors (Lipinski definition) is 4. The smallest absolute Gasteiger partial charge is 0.255 e. The molecule has 176 valence electrons. The maximum Gasteiger partial charge on any atom is 0.255 e. The fourth-order valence-electron chi connectivity index (χ4n) is 3.92. The Labute approximate surface area is 200 Å². The lowest BCUT2D eigenvalue weighted by Crippen LogP contribution is -2.26. The molecule has 0 unspecified atom stereocenters. The summed E-state index contributed by atoms with van der Waals surface area (Å²) < 4.78 is 27.1. The summed E-state index contributed by atoms with van der Waals surface area (Å²) in [6.45, 7) is 1.50. The highest BCUT2D eigenvalue weighted by atomic mass is 32.2. The summed E-state index contributed by atoms with van der Waals surface area (Å²) >= 11 is 0. The molecule has 34 heavy (non-hydrogen) atoms. The molecule has 1 aliphatic heterocycles. The van der Waals surface area contributed by atoms with Gasteiger partial charge >= 0.3 is 0 Å². The molecule has 3 aromatic rings. The monoisotopic (exact) mass is 477 g/mol. The van der Waals surface area contributed by atoms with E-state index in [0.29, 0.717) is 24.2 Å². The third-order valence-corrected chi connectivity index (χ3v) is 7.62. The Morgan fingerprint density at radius 1 is 0.971 bits per heavy atom. The average Bonchev–Trinajstić information content (AvgIpc) is 3.24. The summed E-state index contributed by atoms with van der Waals surface area (Å²) in [6.07, 6.45) is 1.45. The van der Waals surface area contributed by atoms with Gasteiger partial charge in [-0.3, -0.25) is 9.59 Å². The molecule has 2 amide bonds. The molecule has 3 aromatic carbocycles. The third-order valence-electron chi connectivity index (χ3n) is 5.80. The molecule has 4 rings (SSSR count). The number of hydrogen-bond donors (Lipinski definition) is 1. The van der Waals surface area contributed by atoms with E-state index in [1.807, 2.05) is 36.4 Å². The van der Waals surface area contributed by atoms with Gasteiger partial charge in [-0.05, 0) is 53.9 Å². The Bertz CT molecular complexity index is 1270. The van der Waals surface area contributed by atoms with E-state index in [1.165, 1.54) is 16.4 Å². The molecule has 1 heterocycles. The number of carbonyl (C=O) groups is 2. The van der Waals surface area contributed by atoms with Gasteiger partial charge in [-0.25, -0.2) is 8.42 Å². The van der Waals surface area contributed by atoms with E-state index in [1.54, 1.807) is 42.3 Å². The van der Waals surface area contributed by atoms with Crippen molar-refractivity contribution in [2.45, 2.75) is 30.8 Å². The maximum absolute atomic E-state index is 12.9. The van der Waals surface area contributed by atoms with Gasteiger partial charge in [0.05, 0.1) is 4.90 Å². The van der Waals surface area contributed by atoms with Crippen LogP contribution in [0.25, 0.3) is 0 Å². The van der Waals surface area contributed by atoms with E-state index in [-0.39, 0.29) is 23.3 Å². The second kappa shape index (κ2) is 10.2. The zero-order valence-corrected chi connectivity index (χ0v) is 19.8. The third kappa shape index (κ3) is 5.52. The molecule has 1 aliphatic rings. The molecule has 0 radical (unpaired) electrons. The van der Waals surface area contributed by atoms with E-state index in [0.717, 1.165) is 24.1 Å². The molecule has 0 aromatic heterocycles. The highest BCUT2D eigenvalue weighted by Crippen LogP contribution is 2.20. The van der Waals surface area contributed by atoms with Crippen molar-refractivity contribution in [2.75, 3.05) is 18.9 Å². The second-order valence-electron chi connectivity index (χ2n) is 8.34. The van der Waals surface area contributed by atoms with Gasteiger partial charge in [-0.2, -0.15) is 4.31 Å². The first-order valence-electron chi connectivity index (χ1n) is 11.1. The number of amides is 2. The maximum atomic E-state index is 12.9. The van der Waals surface area contributed by atoms with E-state index >= 15 is 0 Å². The molecular weight excluding hydrogens is 450 g/mol. The zero-order chi connectivity index (χ0) is 24.1. The second-order valence-corrected chi connectivity index (χ2v) is 10.4. The van der Waals surface area contributed by atoms with Crippen LogP contribution < -0.4 is 5.32 Å². The molecular formula is C26H27N3O4S. The predicted octanol–water partition coefficient (Wildman–Crippen LogP) is 3.88. The molecule has 0 aliphatic carbocycles. The van der Waals surface area contributed by atoms with Gasteiger partial charge < -0.3 is 10.2 Å². The van der Waals surface area contributed by atoms with Crippen molar-refractivity contribution in [2.24, 2.45) is 0 Å². The molecule has 0 atom stereocenters. The van der Waals surface area contributed by atoms with E-state index in [2.05, 4.69) is 5.32 Å². The molecule has 7 nitrogen and oxygen atoms in total. The van der Waals surface area contributed by atoms with Crippen molar-refractivity contribution in [3.05, 3.63) is 95.6 Å². The number of sulfonamides is 1. The first-order valence-corrected chi connectivity index (χ1v) is 12.6. The lowest BCUT2D eigenvalue weighted by molar-refractivity contribution is -0.128. The predicted molar refractivity (Wildman–Crippen MR) is 131 cm³/mol. The van der Waals surface area contributed by atoms with Gasteiger partial charge in [0.25, 0.3) is 5.91 Å². The Hall–Kier alpha value is -3.49. The van der Waals surface area contributed by atoms with Gasteiger partial charge in [-0.1, -0.05) is 42.5 Å². The summed E-state index contributed by atoms with van der Waals surface area (Å²) in [5.41, 5.74) is 2.76. The van der Waals surface area contributed by atoms with Gasteiger partial charge in [0.2, 0.25) is 15.9 Å². The highest BCUT2D eigenvalue weighted by molar-refractivity contribution is 7.89. The number of rotatable bonds is 8. The van der Waals surface area contributed by atoms with Gasteiger partial charge in [0, 0.05) is 44.4 Å². The number of nitrogens with zero attached hydrogens (tertiary/aromatic N) is 2. The Morgan fingerprint density at radius 2 is 1.68 bits per heavy atom. The summed E-state index contributed by atoms with van der Waals surface area (Å²) in [5, 5.41) is 2.81.